The first-order valence-corrected chi connectivity index (χ1v) is 6.30. The molecule has 4 heteroatoms. The second kappa shape index (κ2) is 5.00. The number of hydrogen-bond acceptors (Lipinski definition) is 3. The number of carboxylic acid groups (broad SMARTS) is 1. The SMILES string of the molecule is CO[C@](C)(C#Cc1ccccc1C(=O)O)C1(C#N)CC1. The summed E-state index contributed by atoms with van der Waals surface area (Å²) >= 11 is 0. The van der Waals surface area contributed by atoms with Gasteiger partial charge in [-0.2, -0.15) is 5.26 Å². The van der Waals surface area contributed by atoms with Gasteiger partial charge in [-0.3, -0.25) is 0 Å². The Morgan fingerprint density at radius 1 is 1.45 bits per heavy atom. The molecule has 1 saturated carbocycles. The molecule has 102 valence electrons. The zero-order valence-electron chi connectivity index (χ0n) is 11.4. The first-order valence-electron chi connectivity index (χ1n) is 6.30. The number of nitrogens with zero attached hydrogens (tertiary/aromatic N) is 1. The summed E-state index contributed by atoms with van der Waals surface area (Å²) in [6.07, 6.45) is 1.51. The van der Waals surface area contributed by atoms with Gasteiger partial charge in [0.05, 0.1) is 17.0 Å². The van der Waals surface area contributed by atoms with Crippen LogP contribution < -0.4 is 0 Å². The van der Waals surface area contributed by atoms with E-state index in [1.165, 1.54) is 13.2 Å². The number of carboxylic acids is 1. The van der Waals surface area contributed by atoms with Crippen molar-refractivity contribution in [2.75, 3.05) is 7.11 Å². The van der Waals surface area contributed by atoms with Gasteiger partial charge in [0.15, 0.2) is 0 Å². The van der Waals surface area contributed by atoms with Crippen LogP contribution in [0.15, 0.2) is 24.3 Å². The molecular weight excluding hydrogens is 254 g/mol. The van der Waals surface area contributed by atoms with Gasteiger partial charge in [-0.25, -0.2) is 4.79 Å². The molecule has 1 aromatic rings. The largest absolute Gasteiger partial charge is 0.478 e. The lowest BCUT2D eigenvalue weighted by Gasteiger charge is -2.26. The lowest BCUT2D eigenvalue weighted by atomic mass is 9.87. The smallest absolute Gasteiger partial charge is 0.336 e. The van der Waals surface area contributed by atoms with Crippen LogP contribution in [0.3, 0.4) is 0 Å². The molecule has 0 aromatic heterocycles. The summed E-state index contributed by atoms with van der Waals surface area (Å²) in [5.41, 5.74) is -0.877. The minimum absolute atomic E-state index is 0.153. The number of carbonyl (C=O) groups is 1. The first-order chi connectivity index (χ1) is 9.48. The van der Waals surface area contributed by atoms with Crippen LogP contribution in [0, 0.1) is 28.6 Å². The molecule has 1 aliphatic carbocycles. The van der Waals surface area contributed by atoms with Crippen molar-refractivity contribution in [3.8, 4) is 17.9 Å². The second-order valence-corrected chi connectivity index (χ2v) is 5.03. The minimum Gasteiger partial charge on any atom is -0.478 e. The highest BCUT2D eigenvalue weighted by Gasteiger charge is 2.58. The predicted octanol–water partition coefficient (Wildman–Crippen LogP) is 2.45. The minimum atomic E-state index is -1.02. The molecule has 0 spiro atoms. The highest BCUT2D eigenvalue weighted by atomic mass is 16.5. The van der Waals surface area contributed by atoms with Crippen molar-refractivity contribution < 1.29 is 14.6 Å². The fourth-order valence-corrected chi connectivity index (χ4v) is 2.15. The van der Waals surface area contributed by atoms with Gasteiger partial charge in [0.25, 0.3) is 0 Å². The van der Waals surface area contributed by atoms with Crippen molar-refractivity contribution in [3.05, 3.63) is 35.4 Å². The van der Waals surface area contributed by atoms with E-state index in [0.717, 1.165) is 12.8 Å². The Hall–Kier alpha value is -2.30. The Balaban J connectivity index is 2.40. The van der Waals surface area contributed by atoms with E-state index in [-0.39, 0.29) is 5.56 Å². The lowest BCUT2D eigenvalue weighted by molar-refractivity contribution is 0.0147. The van der Waals surface area contributed by atoms with Crippen molar-refractivity contribution in [2.24, 2.45) is 5.41 Å². The first kappa shape index (κ1) is 14.1. The molecule has 1 atom stereocenters. The molecule has 1 aromatic carbocycles. The van der Waals surface area contributed by atoms with Crippen LogP contribution in [0.25, 0.3) is 0 Å². The highest BCUT2D eigenvalue weighted by molar-refractivity contribution is 5.90. The van der Waals surface area contributed by atoms with Crippen LogP contribution in [-0.4, -0.2) is 23.8 Å². The maximum Gasteiger partial charge on any atom is 0.336 e. The van der Waals surface area contributed by atoms with Gasteiger partial charge in [-0.15, -0.1) is 0 Å². The zero-order chi connectivity index (χ0) is 14.8. The average Bonchev–Trinajstić information content (AvgIpc) is 3.26. The Labute approximate surface area is 118 Å². The molecule has 1 N–H and O–H groups in total. The maximum atomic E-state index is 11.1. The van der Waals surface area contributed by atoms with Crippen LogP contribution in [0.4, 0.5) is 0 Å². The van der Waals surface area contributed by atoms with Crippen LogP contribution >= 0.6 is 0 Å². The van der Waals surface area contributed by atoms with Crippen LogP contribution in [-0.2, 0) is 4.74 Å². The van der Waals surface area contributed by atoms with Gasteiger partial charge in [-0.1, -0.05) is 24.0 Å². The van der Waals surface area contributed by atoms with Crippen LogP contribution in [0.5, 0.6) is 0 Å². The third kappa shape index (κ3) is 2.27. The second-order valence-electron chi connectivity index (χ2n) is 5.03. The summed E-state index contributed by atoms with van der Waals surface area (Å²) in [5.74, 6) is 4.79. The summed E-state index contributed by atoms with van der Waals surface area (Å²) < 4.78 is 5.43. The highest BCUT2D eigenvalue weighted by Crippen LogP contribution is 2.54. The Bertz CT molecular complexity index is 644. The fourth-order valence-electron chi connectivity index (χ4n) is 2.15. The van der Waals surface area contributed by atoms with Crippen molar-refractivity contribution >= 4 is 5.97 Å². The van der Waals surface area contributed by atoms with Crippen LogP contribution in [0.1, 0.15) is 35.7 Å². The molecule has 0 saturated heterocycles. The van der Waals surface area contributed by atoms with E-state index >= 15 is 0 Å². The summed E-state index contributed by atoms with van der Waals surface area (Å²) in [7, 11) is 1.52. The molecule has 0 amide bonds. The summed E-state index contributed by atoms with van der Waals surface area (Å²) in [4.78, 5) is 11.1. The predicted molar refractivity (Wildman–Crippen MR) is 73.0 cm³/mol. The summed E-state index contributed by atoms with van der Waals surface area (Å²) in [5, 5.41) is 18.4. The van der Waals surface area contributed by atoms with Crippen molar-refractivity contribution in [3.63, 3.8) is 0 Å². The fraction of sp³-hybridized carbons (Fsp3) is 0.375. The molecule has 0 heterocycles. The van der Waals surface area contributed by atoms with Crippen molar-refractivity contribution in [1.29, 1.82) is 5.26 Å². The third-order valence-corrected chi connectivity index (χ3v) is 3.88. The van der Waals surface area contributed by atoms with E-state index in [4.69, 9.17) is 9.84 Å². The molecule has 20 heavy (non-hydrogen) atoms. The standard InChI is InChI=1S/C16H15NO3/c1-15(20-2,16(11-17)9-10-16)8-7-12-5-3-4-6-13(12)14(18)19/h3-6H,9-10H2,1-2H3,(H,18,19)/t15-/m1/s1. The Morgan fingerprint density at radius 3 is 2.60 bits per heavy atom. The van der Waals surface area contributed by atoms with Gasteiger partial charge in [0.2, 0.25) is 0 Å². The van der Waals surface area contributed by atoms with E-state index in [2.05, 4.69) is 17.9 Å². The monoisotopic (exact) mass is 269 g/mol. The van der Waals surface area contributed by atoms with E-state index < -0.39 is 17.0 Å². The Morgan fingerprint density at radius 2 is 2.10 bits per heavy atom. The molecule has 0 bridgehead atoms. The lowest BCUT2D eigenvalue weighted by Crippen LogP contribution is -2.36. The number of hydrogen-bond donors (Lipinski definition) is 1. The zero-order valence-corrected chi connectivity index (χ0v) is 11.4. The van der Waals surface area contributed by atoms with E-state index in [1.54, 1.807) is 25.1 Å². The van der Waals surface area contributed by atoms with E-state index in [9.17, 15) is 10.1 Å². The molecule has 1 fully saturated rings. The number of benzene rings is 1. The molecule has 0 unspecified atom stereocenters. The van der Waals surface area contributed by atoms with Gasteiger partial charge in [-0.05, 0) is 31.9 Å². The van der Waals surface area contributed by atoms with Crippen molar-refractivity contribution in [2.45, 2.75) is 25.4 Å². The quantitative estimate of drug-likeness (QED) is 0.856. The molecular formula is C16H15NO3. The molecule has 1 aliphatic rings. The molecule has 0 aliphatic heterocycles. The normalized spacial score (nSPS) is 18.1. The topological polar surface area (TPSA) is 70.3 Å². The number of nitriles is 1. The van der Waals surface area contributed by atoms with Gasteiger partial charge in [0.1, 0.15) is 5.60 Å². The molecule has 4 nitrogen and oxygen atoms in total. The maximum absolute atomic E-state index is 11.1. The van der Waals surface area contributed by atoms with Gasteiger partial charge in [0, 0.05) is 12.7 Å². The number of aromatic carboxylic acids is 1. The third-order valence-electron chi connectivity index (χ3n) is 3.88. The number of methoxy groups -OCH3 is 1. The van der Waals surface area contributed by atoms with Crippen molar-refractivity contribution in [1.82, 2.24) is 0 Å². The van der Waals surface area contributed by atoms with E-state index in [0.29, 0.717) is 5.56 Å². The van der Waals surface area contributed by atoms with Gasteiger partial charge >= 0.3 is 5.97 Å². The molecule has 2 rings (SSSR count). The van der Waals surface area contributed by atoms with E-state index in [1.807, 2.05) is 0 Å². The van der Waals surface area contributed by atoms with Gasteiger partial charge < -0.3 is 9.84 Å². The Kier molecular flexibility index (Phi) is 3.53. The van der Waals surface area contributed by atoms with Crippen LogP contribution in [0.2, 0.25) is 0 Å². The summed E-state index contributed by atoms with van der Waals surface area (Å²) in [6.45, 7) is 1.78. The summed E-state index contributed by atoms with van der Waals surface area (Å²) in [6, 6.07) is 8.82. The number of rotatable bonds is 3. The molecule has 0 radical (unpaired) electrons. The average molecular weight is 269 g/mol. The number of ether oxygens (including phenoxy) is 1.